The Morgan fingerprint density at radius 3 is 2.45 bits per heavy atom. The average molecular weight is 441 g/mol. The molecule has 0 amide bonds. The summed E-state index contributed by atoms with van der Waals surface area (Å²) in [6, 6.07) is 14.9. The van der Waals surface area contributed by atoms with Crippen molar-refractivity contribution in [1.82, 2.24) is 14.3 Å². The van der Waals surface area contributed by atoms with Crippen molar-refractivity contribution in [3.63, 3.8) is 0 Å². The van der Waals surface area contributed by atoms with Crippen LogP contribution in [0.5, 0.6) is 0 Å². The number of piperidine rings is 1. The molecule has 0 N–H and O–H groups in total. The van der Waals surface area contributed by atoms with Crippen LogP contribution in [0.25, 0.3) is 11.1 Å². The summed E-state index contributed by atoms with van der Waals surface area (Å²) in [6.07, 6.45) is 3.38. The molecule has 162 valence electrons. The molecule has 31 heavy (non-hydrogen) atoms. The van der Waals surface area contributed by atoms with Gasteiger partial charge in [-0.2, -0.15) is 4.31 Å². The van der Waals surface area contributed by atoms with Crippen molar-refractivity contribution in [2.75, 3.05) is 32.1 Å². The van der Waals surface area contributed by atoms with Crippen LogP contribution in [-0.2, 0) is 10.0 Å². The predicted octanol–water partition coefficient (Wildman–Crippen LogP) is 3.92. The lowest BCUT2D eigenvalue weighted by molar-refractivity contribution is 0.313. The molecule has 0 spiro atoms. The van der Waals surface area contributed by atoms with Gasteiger partial charge in [0, 0.05) is 44.9 Å². The highest BCUT2D eigenvalue weighted by atomic mass is 32.2. The average Bonchev–Trinajstić information content (AvgIpc) is 2.79. The molecule has 4 rings (SSSR count). The first-order valence-electron chi connectivity index (χ1n) is 10.2. The second-order valence-corrected chi connectivity index (χ2v) is 9.82. The summed E-state index contributed by atoms with van der Waals surface area (Å²) in [6.45, 7) is 0.756. The molecule has 8 heteroatoms. The molecule has 0 radical (unpaired) electrons. The van der Waals surface area contributed by atoms with Crippen molar-refractivity contribution < 1.29 is 12.8 Å². The molecule has 0 bridgehead atoms. The molecular weight excluding hydrogens is 415 g/mol. The Morgan fingerprint density at radius 2 is 1.77 bits per heavy atom. The first kappa shape index (κ1) is 21.4. The van der Waals surface area contributed by atoms with Crippen molar-refractivity contribution in [2.24, 2.45) is 0 Å². The minimum Gasteiger partial charge on any atom is -0.347 e. The number of hydrogen-bond acceptors (Lipinski definition) is 5. The van der Waals surface area contributed by atoms with Crippen LogP contribution in [0.15, 0.2) is 65.7 Å². The van der Waals surface area contributed by atoms with Crippen molar-refractivity contribution in [1.29, 1.82) is 0 Å². The van der Waals surface area contributed by atoms with Crippen LogP contribution >= 0.6 is 0 Å². The number of benzene rings is 2. The molecule has 0 aliphatic carbocycles. The third-order valence-electron chi connectivity index (χ3n) is 5.51. The number of halogens is 1. The lowest BCUT2D eigenvalue weighted by Gasteiger charge is -2.32. The Balaban J connectivity index is 1.70. The molecule has 6 nitrogen and oxygen atoms in total. The molecule has 1 aromatic heterocycles. The summed E-state index contributed by atoms with van der Waals surface area (Å²) in [7, 11) is 0.0540. The number of hydrogen-bond donors (Lipinski definition) is 0. The van der Waals surface area contributed by atoms with E-state index >= 15 is 0 Å². The van der Waals surface area contributed by atoms with Crippen LogP contribution in [0.1, 0.15) is 24.5 Å². The topological polar surface area (TPSA) is 66.4 Å². The fourth-order valence-corrected chi connectivity index (χ4v) is 5.42. The fourth-order valence-electron chi connectivity index (χ4n) is 3.89. The third-order valence-corrected chi connectivity index (χ3v) is 7.39. The molecular formula is C23H25FN4O2S. The number of rotatable bonds is 5. The second kappa shape index (κ2) is 8.72. The zero-order valence-corrected chi connectivity index (χ0v) is 18.4. The van der Waals surface area contributed by atoms with E-state index in [4.69, 9.17) is 4.98 Å². The maximum Gasteiger partial charge on any atom is 0.243 e. The normalized spacial score (nSPS) is 17.5. The van der Waals surface area contributed by atoms with Gasteiger partial charge in [-0.25, -0.2) is 22.8 Å². The van der Waals surface area contributed by atoms with E-state index in [1.807, 2.05) is 55.5 Å². The predicted molar refractivity (Wildman–Crippen MR) is 119 cm³/mol. The summed E-state index contributed by atoms with van der Waals surface area (Å²) in [5, 5.41) is 0. The van der Waals surface area contributed by atoms with E-state index in [2.05, 4.69) is 4.98 Å². The molecule has 1 saturated heterocycles. The molecule has 0 saturated carbocycles. The Kier molecular flexibility index (Phi) is 6.02. The van der Waals surface area contributed by atoms with Gasteiger partial charge in [-0.05, 0) is 42.7 Å². The maximum absolute atomic E-state index is 13.3. The van der Waals surface area contributed by atoms with Crippen molar-refractivity contribution in [3.05, 3.63) is 72.3 Å². The van der Waals surface area contributed by atoms with Gasteiger partial charge in [0.05, 0.1) is 10.6 Å². The molecule has 3 aromatic rings. The number of anilines is 1. The first-order valence-corrected chi connectivity index (χ1v) is 11.7. The van der Waals surface area contributed by atoms with Crippen LogP contribution in [0.2, 0.25) is 0 Å². The van der Waals surface area contributed by atoms with E-state index in [0.717, 1.165) is 29.7 Å². The van der Waals surface area contributed by atoms with Crippen LogP contribution in [0, 0.1) is 5.82 Å². The Hall–Kier alpha value is -2.84. The Labute approximate surface area is 182 Å². The largest absolute Gasteiger partial charge is 0.347 e. The van der Waals surface area contributed by atoms with Crippen LogP contribution in [-0.4, -0.2) is 49.9 Å². The van der Waals surface area contributed by atoms with Crippen molar-refractivity contribution >= 4 is 16.0 Å². The van der Waals surface area contributed by atoms with E-state index in [9.17, 15) is 12.8 Å². The van der Waals surface area contributed by atoms with E-state index in [0.29, 0.717) is 19.0 Å². The van der Waals surface area contributed by atoms with Crippen molar-refractivity contribution in [3.8, 4) is 11.1 Å². The number of nitrogens with zero attached hydrogens (tertiary/aromatic N) is 4. The lowest BCUT2D eigenvalue weighted by atomic mass is 9.91. The SMILES string of the molecule is CN(C)c1ncc(-c2ccccc2)c(C2CCCN(S(=O)(=O)c3ccc(F)cc3)C2)n1. The smallest absolute Gasteiger partial charge is 0.243 e. The van der Waals surface area contributed by atoms with Gasteiger partial charge in [0.2, 0.25) is 16.0 Å². The van der Waals surface area contributed by atoms with E-state index < -0.39 is 15.8 Å². The third kappa shape index (κ3) is 4.45. The summed E-state index contributed by atoms with van der Waals surface area (Å²) >= 11 is 0. The second-order valence-electron chi connectivity index (χ2n) is 7.89. The summed E-state index contributed by atoms with van der Waals surface area (Å²) in [4.78, 5) is 11.2. The fraction of sp³-hybridized carbons (Fsp3) is 0.304. The van der Waals surface area contributed by atoms with Crippen LogP contribution in [0.3, 0.4) is 0 Å². The zero-order valence-electron chi connectivity index (χ0n) is 17.6. The quantitative estimate of drug-likeness (QED) is 0.602. The minimum atomic E-state index is -3.71. The summed E-state index contributed by atoms with van der Waals surface area (Å²) in [5.41, 5.74) is 2.77. The first-order chi connectivity index (χ1) is 14.9. The highest BCUT2D eigenvalue weighted by molar-refractivity contribution is 7.89. The molecule has 2 heterocycles. The van der Waals surface area contributed by atoms with E-state index in [1.54, 1.807) is 0 Å². The van der Waals surface area contributed by atoms with Gasteiger partial charge in [-0.1, -0.05) is 30.3 Å². The standard InChI is InChI=1S/C23H25FN4O2S/c1-27(2)23-25-15-21(17-7-4-3-5-8-17)22(26-23)18-9-6-14-28(16-18)31(29,30)20-12-10-19(24)11-13-20/h3-5,7-8,10-13,15,18H,6,9,14,16H2,1-2H3. The lowest BCUT2D eigenvalue weighted by Crippen LogP contribution is -2.39. The molecule has 1 aliphatic heterocycles. The highest BCUT2D eigenvalue weighted by Crippen LogP contribution is 2.35. The van der Waals surface area contributed by atoms with Crippen LogP contribution < -0.4 is 4.90 Å². The maximum atomic E-state index is 13.3. The van der Waals surface area contributed by atoms with Gasteiger partial charge in [0.15, 0.2) is 0 Å². The number of aromatic nitrogens is 2. The van der Waals surface area contributed by atoms with Gasteiger partial charge in [0.25, 0.3) is 0 Å². The molecule has 1 unspecified atom stereocenters. The Bertz CT molecular complexity index is 1150. The number of sulfonamides is 1. The summed E-state index contributed by atoms with van der Waals surface area (Å²) < 4.78 is 41.1. The van der Waals surface area contributed by atoms with Gasteiger partial charge < -0.3 is 4.90 Å². The minimum absolute atomic E-state index is 0.0686. The van der Waals surface area contributed by atoms with Crippen molar-refractivity contribution in [2.45, 2.75) is 23.7 Å². The monoisotopic (exact) mass is 440 g/mol. The zero-order chi connectivity index (χ0) is 22.0. The highest BCUT2D eigenvalue weighted by Gasteiger charge is 2.33. The van der Waals surface area contributed by atoms with Crippen LogP contribution in [0.4, 0.5) is 10.3 Å². The molecule has 1 fully saturated rings. The van der Waals surface area contributed by atoms with Gasteiger partial charge >= 0.3 is 0 Å². The van der Waals surface area contributed by atoms with Gasteiger partial charge in [-0.15, -0.1) is 0 Å². The summed E-state index contributed by atoms with van der Waals surface area (Å²) in [5.74, 6) is 0.0641. The molecule has 2 aromatic carbocycles. The van der Waals surface area contributed by atoms with Gasteiger partial charge in [-0.3, -0.25) is 0 Å². The van der Waals surface area contributed by atoms with Gasteiger partial charge in [0.1, 0.15) is 5.82 Å². The molecule has 1 atom stereocenters. The van der Waals surface area contributed by atoms with E-state index in [1.165, 1.54) is 28.6 Å². The molecule has 1 aliphatic rings. The Morgan fingerprint density at radius 1 is 1.06 bits per heavy atom. The van der Waals surface area contributed by atoms with E-state index in [-0.39, 0.29) is 10.8 Å².